The number of amides is 1. The highest BCUT2D eigenvalue weighted by molar-refractivity contribution is 5.81. The Morgan fingerprint density at radius 3 is 2.75 bits per heavy atom. The zero-order valence-electron chi connectivity index (χ0n) is 7.20. The first-order chi connectivity index (χ1) is 5.79. The predicted octanol–water partition coefficient (Wildman–Crippen LogP) is 0.403. The molecule has 0 bridgehead atoms. The number of aliphatic hydroxyl groups excluding tert-OH is 1. The van der Waals surface area contributed by atoms with Crippen molar-refractivity contribution in [3.05, 3.63) is 12.7 Å². The molecule has 0 aromatic carbocycles. The van der Waals surface area contributed by atoms with Gasteiger partial charge in [-0.2, -0.15) is 0 Å². The van der Waals surface area contributed by atoms with E-state index in [2.05, 4.69) is 6.58 Å². The lowest BCUT2D eigenvalue weighted by atomic mass is 10.3. The maximum atomic E-state index is 11.5. The normalized spacial score (nSPS) is 15.8. The van der Waals surface area contributed by atoms with Gasteiger partial charge in [-0.1, -0.05) is 6.08 Å². The standard InChI is InChI=1S/C9H15NO2/c1-2-5-10(6-7-11)9(12)8-3-4-8/h2,8,11H,1,3-7H2. The second-order valence-electron chi connectivity index (χ2n) is 3.07. The number of nitrogens with zero attached hydrogens (tertiary/aromatic N) is 1. The van der Waals surface area contributed by atoms with Crippen LogP contribution >= 0.6 is 0 Å². The van der Waals surface area contributed by atoms with Crippen LogP contribution in [0.2, 0.25) is 0 Å². The molecular weight excluding hydrogens is 154 g/mol. The van der Waals surface area contributed by atoms with E-state index in [-0.39, 0.29) is 18.4 Å². The highest BCUT2D eigenvalue weighted by Crippen LogP contribution is 2.30. The summed E-state index contributed by atoms with van der Waals surface area (Å²) in [7, 11) is 0. The summed E-state index contributed by atoms with van der Waals surface area (Å²) < 4.78 is 0. The van der Waals surface area contributed by atoms with Crippen molar-refractivity contribution in [1.29, 1.82) is 0 Å². The number of hydrogen-bond acceptors (Lipinski definition) is 2. The molecule has 1 N–H and O–H groups in total. The van der Waals surface area contributed by atoms with Crippen LogP contribution < -0.4 is 0 Å². The van der Waals surface area contributed by atoms with Gasteiger partial charge in [0.05, 0.1) is 6.61 Å². The minimum atomic E-state index is 0.0340. The molecule has 1 aliphatic rings. The lowest BCUT2D eigenvalue weighted by Crippen LogP contribution is -2.34. The van der Waals surface area contributed by atoms with E-state index in [4.69, 9.17) is 5.11 Å². The van der Waals surface area contributed by atoms with Gasteiger partial charge in [-0.25, -0.2) is 0 Å². The largest absolute Gasteiger partial charge is 0.395 e. The van der Waals surface area contributed by atoms with E-state index in [9.17, 15) is 4.79 Å². The van der Waals surface area contributed by atoms with Crippen LogP contribution in [-0.2, 0) is 4.79 Å². The van der Waals surface area contributed by atoms with Crippen molar-refractivity contribution in [3.63, 3.8) is 0 Å². The Morgan fingerprint density at radius 2 is 2.33 bits per heavy atom. The Bertz CT molecular complexity index is 175. The van der Waals surface area contributed by atoms with Gasteiger partial charge in [-0.15, -0.1) is 6.58 Å². The molecule has 0 unspecified atom stereocenters. The van der Waals surface area contributed by atoms with E-state index >= 15 is 0 Å². The van der Waals surface area contributed by atoms with Crippen LogP contribution in [0.5, 0.6) is 0 Å². The summed E-state index contributed by atoms with van der Waals surface area (Å²) in [5, 5.41) is 8.69. The average molecular weight is 169 g/mol. The van der Waals surface area contributed by atoms with E-state index in [0.29, 0.717) is 13.1 Å². The smallest absolute Gasteiger partial charge is 0.226 e. The Labute approximate surface area is 72.7 Å². The summed E-state index contributed by atoms with van der Waals surface area (Å²) in [6, 6.07) is 0. The fourth-order valence-electron chi connectivity index (χ4n) is 1.16. The molecule has 3 nitrogen and oxygen atoms in total. The monoisotopic (exact) mass is 169 g/mol. The summed E-state index contributed by atoms with van der Waals surface area (Å²) >= 11 is 0. The topological polar surface area (TPSA) is 40.5 Å². The second kappa shape index (κ2) is 4.26. The quantitative estimate of drug-likeness (QED) is 0.605. The van der Waals surface area contributed by atoms with Gasteiger partial charge in [-0.05, 0) is 12.8 Å². The zero-order chi connectivity index (χ0) is 8.97. The summed E-state index contributed by atoms with van der Waals surface area (Å²) in [6.07, 6.45) is 3.71. The minimum absolute atomic E-state index is 0.0340. The van der Waals surface area contributed by atoms with Crippen molar-refractivity contribution >= 4 is 5.91 Å². The van der Waals surface area contributed by atoms with Gasteiger partial charge in [0.2, 0.25) is 5.91 Å². The Morgan fingerprint density at radius 1 is 1.67 bits per heavy atom. The highest BCUT2D eigenvalue weighted by atomic mass is 16.3. The van der Waals surface area contributed by atoms with Gasteiger partial charge in [0.1, 0.15) is 0 Å². The maximum absolute atomic E-state index is 11.5. The van der Waals surface area contributed by atoms with Gasteiger partial charge < -0.3 is 10.0 Å². The number of carbonyl (C=O) groups excluding carboxylic acids is 1. The van der Waals surface area contributed by atoms with E-state index in [1.807, 2.05) is 0 Å². The summed E-state index contributed by atoms with van der Waals surface area (Å²) in [5.41, 5.74) is 0. The van der Waals surface area contributed by atoms with Crippen LogP contribution in [0.25, 0.3) is 0 Å². The van der Waals surface area contributed by atoms with Crippen molar-refractivity contribution in [2.75, 3.05) is 19.7 Å². The van der Waals surface area contributed by atoms with Crippen LogP contribution in [0.3, 0.4) is 0 Å². The lowest BCUT2D eigenvalue weighted by Gasteiger charge is -2.19. The maximum Gasteiger partial charge on any atom is 0.226 e. The van der Waals surface area contributed by atoms with Crippen molar-refractivity contribution in [1.82, 2.24) is 4.90 Å². The molecule has 3 heteroatoms. The first kappa shape index (κ1) is 9.26. The van der Waals surface area contributed by atoms with E-state index in [1.165, 1.54) is 0 Å². The molecule has 0 aliphatic heterocycles. The van der Waals surface area contributed by atoms with Crippen molar-refractivity contribution in [3.8, 4) is 0 Å². The van der Waals surface area contributed by atoms with E-state index in [0.717, 1.165) is 12.8 Å². The molecule has 0 aromatic rings. The van der Waals surface area contributed by atoms with Crippen molar-refractivity contribution in [2.24, 2.45) is 5.92 Å². The molecule has 0 heterocycles. The fourth-order valence-corrected chi connectivity index (χ4v) is 1.16. The fraction of sp³-hybridized carbons (Fsp3) is 0.667. The van der Waals surface area contributed by atoms with Crippen molar-refractivity contribution in [2.45, 2.75) is 12.8 Å². The summed E-state index contributed by atoms with van der Waals surface area (Å²) in [5.74, 6) is 0.403. The van der Waals surface area contributed by atoms with Gasteiger partial charge in [0.25, 0.3) is 0 Å². The van der Waals surface area contributed by atoms with Crippen LogP contribution in [0, 0.1) is 5.92 Å². The average Bonchev–Trinajstić information content (AvgIpc) is 2.85. The van der Waals surface area contributed by atoms with E-state index in [1.54, 1.807) is 11.0 Å². The molecule has 0 radical (unpaired) electrons. The first-order valence-electron chi connectivity index (χ1n) is 4.30. The number of carbonyl (C=O) groups is 1. The van der Waals surface area contributed by atoms with Crippen LogP contribution in [0.4, 0.5) is 0 Å². The Kier molecular flexibility index (Phi) is 3.29. The Hall–Kier alpha value is -0.830. The molecular formula is C9H15NO2. The first-order valence-corrected chi connectivity index (χ1v) is 4.30. The van der Waals surface area contributed by atoms with Crippen LogP contribution in [0.1, 0.15) is 12.8 Å². The number of aliphatic hydroxyl groups is 1. The predicted molar refractivity (Wildman–Crippen MR) is 46.6 cm³/mol. The molecule has 68 valence electrons. The molecule has 0 spiro atoms. The van der Waals surface area contributed by atoms with Crippen LogP contribution in [0.15, 0.2) is 12.7 Å². The van der Waals surface area contributed by atoms with Gasteiger partial charge in [0.15, 0.2) is 0 Å². The molecule has 1 rings (SSSR count). The van der Waals surface area contributed by atoms with Gasteiger partial charge >= 0.3 is 0 Å². The third kappa shape index (κ3) is 2.34. The van der Waals surface area contributed by atoms with E-state index < -0.39 is 0 Å². The van der Waals surface area contributed by atoms with Gasteiger partial charge in [0, 0.05) is 19.0 Å². The van der Waals surface area contributed by atoms with Gasteiger partial charge in [-0.3, -0.25) is 4.79 Å². The lowest BCUT2D eigenvalue weighted by molar-refractivity contribution is -0.132. The zero-order valence-corrected chi connectivity index (χ0v) is 7.20. The third-order valence-electron chi connectivity index (χ3n) is 1.96. The molecule has 1 amide bonds. The highest BCUT2D eigenvalue weighted by Gasteiger charge is 2.32. The molecule has 0 saturated heterocycles. The SMILES string of the molecule is C=CCN(CCO)C(=O)C1CC1. The molecule has 0 atom stereocenters. The molecule has 12 heavy (non-hydrogen) atoms. The molecule has 1 aliphatic carbocycles. The second-order valence-corrected chi connectivity index (χ2v) is 3.07. The number of hydrogen-bond donors (Lipinski definition) is 1. The van der Waals surface area contributed by atoms with Crippen LogP contribution in [-0.4, -0.2) is 35.6 Å². The Balaban J connectivity index is 2.38. The third-order valence-corrected chi connectivity index (χ3v) is 1.96. The molecule has 0 aromatic heterocycles. The van der Waals surface area contributed by atoms with Crippen molar-refractivity contribution < 1.29 is 9.90 Å². The number of rotatable bonds is 5. The molecule has 1 saturated carbocycles. The summed E-state index contributed by atoms with van der Waals surface area (Å²) in [6.45, 7) is 4.59. The molecule has 1 fully saturated rings. The minimum Gasteiger partial charge on any atom is -0.395 e. The summed E-state index contributed by atoms with van der Waals surface area (Å²) in [4.78, 5) is 13.1.